The molecule has 1 spiro atoms. The second-order valence-corrected chi connectivity index (χ2v) is 8.35. The van der Waals surface area contributed by atoms with Crippen LogP contribution in [-0.4, -0.2) is 62.3 Å². The molecular weight excluding hydrogens is 435 g/mol. The number of rotatable bonds is 4. The van der Waals surface area contributed by atoms with E-state index in [9.17, 15) is 22.0 Å². The van der Waals surface area contributed by atoms with Crippen molar-refractivity contribution in [1.82, 2.24) is 29.7 Å². The second-order valence-electron chi connectivity index (χ2n) is 8.35. The molecule has 0 unspecified atom stereocenters. The van der Waals surface area contributed by atoms with Gasteiger partial charge in [-0.3, -0.25) is 0 Å². The third-order valence-corrected chi connectivity index (χ3v) is 5.89. The lowest BCUT2D eigenvalue weighted by molar-refractivity contribution is -0.141. The lowest BCUT2D eigenvalue weighted by Gasteiger charge is -2.48. The molecule has 2 fully saturated rings. The average Bonchev–Trinajstić information content (AvgIpc) is 3.30. The molecule has 3 aromatic heterocycles. The zero-order chi connectivity index (χ0) is 22.7. The molecule has 0 aromatic carbocycles. The van der Waals surface area contributed by atoms with Crippen LogP contribution in [0.3, 0.4) is 0 Å². The van der Waals surface area contributed by atoms with Crippen molar-refractivity contribution in [2.24, 2.45) is 5.41 Å². The number of alkyl halides is 5. The Morgan fingerprint density at radius 1 is 1.06 bits per heavy atom. The van der Waals surface area contributed by atoms with Crippen molar-refractivity contribution in [1.29, 1.82) is 0 Å². The van der Waals surface area contributed by atoms with E-state index in [1.807, 2.05) is 9.80 Å². The molecule has 3 aromatic rings. The Balaban J connectivity index is 1.30. The van der Waals surface area contributed by atoms with Crippen molar-refractivity contribution in [2.75, 3.05) is 36.0 Å². The number of aromatic nitrogens is 6. The Labute approximate surface area is 179 Å². The summed E-state index contributed by atoms with van der Waals surface area (Å²) >= 11 is 0. The van der Waals surface area contributed by atoms with Gasteiger partial charge in [-0.25, -0.2) is 28.4 Å². The molecule has 5 rings (SSSR count). The maximum absolute atomic E-state index is 13.1. The Kier molecular flexibility index (Phi) is 4.67. The molecule has 0 saturated carbocycles. The zero-order valence-electron chi connectivity index (χ0n) is 17.0. The number of nitrogens with zero attached hydrogens (tertiary/aromatic N) is 8. The third-order valence-electron chi connectivity index (χ3n) is 5.89. The van der Waals surface area contributed by atoms with E-state index in [0.29, 0.717) is 43.2 Å². The van der Waals surface area contributed by atoms with Crippen LogP contribution in [0.2, 0.25) is 0 Å². The monoisotopic (exact) mass is 454 g/mol. The van der Waals surface area contributed by atoms with Gasteiger partial charge in [-0.1, -0.05) is 0 Å². The lowest BCUT2D eigenvalue weighted by atomic mass is 9.79. The van der Waals surface area contributed by atoms with Crippen LogP contribution in [0.5, 0.6) is 0 Å². The standard InChI is InChI=1S/C19H19F5N8/c1-11-27-13(19(22,23)24)4-15(28-11)31-9-18(10-31)2-3-30(8-18)17-25-5-12-6-26-32(7-14(20)21)16(12)29-17/h4-6,14H,2-3,7-10H2,1H3. The van der Waals surface area contributed by atoms with Crippen LogP contribution < -0.4 is 9.80 Å². The number of anilines is 2. The van der Waals surface area contributed by atoms with Gasteiger partial charge >= 0.3 is 6.18 Å². The summed E-state index contributed by atoms with van der Waals surface area (Å²) < 4.78 is 66.0. The molecule has 0 radical (unpaired) electrons. The Hall–Kier alpha value is -3.12. The van der Waals surface area contributed by atoms with E-state index in [0.717, 1.165) is 17.2 Å². The van der Waals surface area contributed by atoms with E-state index in [4.69, 9.17) is 0 Å². The molecule has 170 valence electrons. The molecular formula is C19H19F5N8. The van der Waals surface area contributed by atoms with Crippen LogP contribution in [0.25, 0.3) is 11.0 Å². The van der Waals surface area contributed by atoms with E-state index >= 15 is 0 Å². The first-order valence-corrected chi connectivity index (χ1v) is 10.0. The van der Waals surface area contributed by atoms with Crippen LogP contribution in [0.4, 0.5) is 33.7 Å². The van der Waals surface area contributed by atoms with E-state index in [1.165, 1.54) is 13.1 Å². The summed E-state index contributed by atoms with van der Waals surface area (Å²) in [6.45, 7) is 3.30. The van der Waals surface area contributed by atoms with Gasteiger partial charge in [0.05, 0.1) is 11.6 Å². The first-order valence-electron chi connectivity index (χ1n) is 10.0. The Morgan fingerprint density at radius 2 is 1.81 bits per heavy atom. The minimum atomic E-state index is -4.53. The third kappa shape index (κ3) is 3.69. The van der Waals surface area contributed by atoms with Crippen LogP contribution in [-0.2, 0) is 12.7 Å². The second kappa shape index (κ2) is 7.20. The SMILES string of the molecule is Cc1nc(N2CC3(CCN(c4ncc5cnn(CC(F)F)c5n4)C3)C2)cc(C(F)(F)F)n1. The molecule has 2 aliphatic rings. The van der Waals surface area contributed by atoms with E-state index in [-0.39, 0.29) is 17.1 Å². The highest BCUT2D eigenvalue weighted by molar-refractivity contribution is 5.74. The smallest absolute Gasteiger partial charge is 0.355 e. The van der Waals surface area contributed by atoms with E-state index in [2.05, 4.69) is 25.0 Å². The summed E-state index contributed by atoms with van der Waals surface area (Å²) in [7, 11) is 0. The van der Waals surface area contributed by atoms with Crippen molar-refractivity contribution in [2.45, 2.75) is 32.5 Å². The van der Waals surface area contributed by atoms with Gasteiger partial charge < -0.3 is 9.80 Å². The van der Waals surface area contributed by atoms with Crippen LogP contribution in [0.1, 0.15) is 17.9 Å². The molecule has 2 saturated heterocycles. The molecule has 32 heavy (non-hydrogen) atoms. The molecule has 2 aliphatic heterocycles. The quantitative estimate of drug-likeness (QED) is 0.561. The normalized spacial score (nSPS) is 18.2. The average molecular weight is 454 g/mol. The molecule has 0 aliphatic carbocycles. The summed E-state index contributed by atoms with van der Waals surface area (Å²) in [4.78, 5) is 20.2. The fraction of sp³-hybridized carbons (Fsp3) is 0.526. The van der Waals surface area contributed by atoms with Gasteiger partial charge in [0.2, 0.25) is 5.95 Å². The number of halogens is 5. The van der Waals surface area contributed by atoms with Gasteiger partial charge in [-0.05, 0) is 13.3 Å². The number of aryl methyl sites for hydroxylation is 1. The van der Waals surface area contributed by atoms with Gasteiger partial charge in [0, 0.05) is 43.9 Å². The summed E-state index contributed by atoms with van der Waals surface area (Å²) in [5.74, 6) is 0.773. The maximum Gasteiger partial charge on any atom is 0.433 e. The van der Waals surface area contributed by atoms with Gasteiger partial charge in [0.1, 0.15) is 23.9 Å². The highest BCUT2D eigenvalue weighted by Gasteiger charge is 2.49. The molecule has 0 N–H and O–H groups in total. The fourth-order valence-electron chi connectivity index (χ4n) is 4.42. The molecule has 0 atom stereocenters. The van der Waals surface area contributed by atoms with Crippen molar-refractivity contribution < 1.29 is 22.0 Å². The minimum absolute atomic E-state index is 0.0749. The first-order chi connectivity index (χ1) is 15.1. The van der Waals surface area contributed by atoms with E-state index in [1.54, 1.807) is 6.20 Å². The van der Waals surface area contributed by atoms with Gasteiger partial charge in [0.15, 0.2) is 5.65 Å². The summed E-state index contributed by atoms with van der Waals surface area (Å²) in [5, 5.41) is 4.53. The lowest BCUT2D eigenvalue weighted by Crippen LogP contribution is -2.58. The molecule has 5 heterocycles. The largest absolute Gasteiger partial charge is 0.433 e. The number of hydrogen-bond donors (Lipinski definition) is 0. The molecule has 0 amide bonds. The Bertz CT molecular complexity index is 1150. The van der Waals surface area contributed by atoms with Crippen molar-refractivity contribution in [3.8, 4) is 0 Å². The van der Waals surface area contributed by atoms with Gasteiger partial charge in [0.25, 0.3) is 6.43 Å². The van der Waals surface area contributed by atoms with Crippen molar-refractivity contribution in [3.05, 3.63) is 30.0 Å². The van der Waals surface area contributed by atoms with Crippen molar-refractivity contribution >= 4 is 22.8 Å². The fourth-order valence-corrected chi connectivity index (χ4v) is 4.42. The maximum atomic E-state index is 13.1. The summed E-state index contributed by atoms with van der Waals surface area (Å²) in [6, 6.07) is 0.980. The highest BCUT2D eigenvalue weighted by Crippen LogP contribution is 2.43. The molecule has 8 nitrogen and oxygen atoms in total. The van der Waals surface area contributed by atoms with Crippen LogP contribution in [0, 0.1) is 12.3 Å². The van der Waals surface area contributed by atoms with Crippen molar-refractivity contribution in [3.63, 3.8) is 0 Å². The van der Waals surface area contributed by atoms with Crippen LogP contribution >= 0.6 is 0 Å². The number of hydrogen-bond acceptors (Lipinski definition) is 7. The van der Waals surface area contributed by atoms with Gasteiger partial charge in [-0.2, -0.15) is 23.3 Å². The predicted molar refractivity (Wildman–Crippen MR) is 105 cm³/mol. The molecule has 0 bridgehead atoms. The summed E-state index contributed by atoms with van der Waals surface area (Å²) in [5.41, 5.74) is -0.711. The van der Waals surface area contributed by atoms with Crippen LogP contribution in [0.15, 0.2) is 18.5 Å². The summed E-state index contributed by atoms with van der Waals surface area (Å²) in [6.07, 6.45) is -3.24. The first kappa shape index (κ1) is 20.8. The zero-order valence-corrected chi connectivity index (χ0v) is 17.0. The highest BCUT2D eigenvalue weighted by atomic mass is 19.4. The Morgan fingerprint density at radius 3 is 2.53 bits per heavy atom. The number of fused-ring (bicyclic) bond motifs is 1. The predicted octanol–water partition coefficient (Wildman–Crippen LogP) is 2.93. The minimum Gasteiger partial charge on any atom is -0.355 e. The van der Waals surface area contributed by atoms with Gasteiger partial charge in [-0.15, -0.1) is 0 Å². The molecule has 13 heteroatoms. The topological polar surface area (TPSA) is 75.9 Å². The van der Waals surface area contributed by atoms with E-state index < -0.39 is 24.8 Å².